The topological polar surface area (TPSA) is 55.1 Å². The van der Waals surface area contributed by atoms with Crippen molar-refractivity contribution in [1.29, 1.82) is 5.26 Å². The monoisotopic (exact) mass is 352 g/mol. The van der Waals surface area contributed by atoms with Gasteiger partial charge in [-0.25, -0.2) is 4.98 Å². The highest BCUT2D eigenvalue weighted by atomic mass is 16.5. The summed E-state index contributed by atoms with van der Waals surface area (Å²) in [5, 5.41) is 9.73. The lowest BCUT2D eigenvalue weighted by Gasteiger charge is -2.34. The summed E-state index contributed by atoms with van der Waals surface area (Å²) in [4.78, 5) is 4.61. The van der Waals surface area contributed by atoms with Gasteiger partial charge in [-0.15, -0.1) is 0 Å². The first kappa shape index (κ1) is 16.0. The van der Waals surface area contributed by atoms with Gasteiger partial charge in [0.1, 0.15) is 28.9 Å². The molecular weight excluding hydrogens is 335 g/mol. The Kier molecular flexibility index (Phi) is 3.17. The van der Waals surface area contributed by atoms with Gasteiger partial charge in [-0.3, -0.25) is 0 Å². The molecule has 3 heterocycles. The zero-order valence-corrected chi connectivity index (χ0v) is 15.7. The maximum atomic E-state index is 9.73. The van der Waals surface area contributed by atoms with E-state index in [0.717, 1.165) is 39.0 Å². The molecule has 0 N–H and O–H groups in total. The normalized spacial score (nSPS) is 12.9. The minimum Gasteiger partial charge on any atom is -0.456 e. The van der Waals surface area contributed by atoms with E-state index in [9.17, 15) is 5.26 Å². The fourth-order valence-corrected chi connectivity index (χ4v) is 4.29. The third-order valence-electron chi connectivity index (χ3n) is 5.45. The number of para-hydroxylation sites is 1. The van der Waals surface area contributed by atoms with E-state index in [1.807, 2.05) is 32.9 Å². The van der Waals surface area contributed by atoms with E-state index in [0.29, 0.717) is 22.9 Å². The highest BCUT2D eigenvalue weighted by Crippen LogP contribution is 2.38. The zero-order valence-electron chi connectivity index (χ0n) is 15.7. The molecule has 2 aliphatic heterocycles. The number of aryl methyl sites for hydroxylation is 4. The Morgan fingerprint density at radius 2 is 1.70 bits per heavy atom. The van der Waals surface area contributed by atoms with E-state index in [1.54, 1.807) is 0 Å². The van der Waals surface area contributed by atoms with Crippen LogP contribution in [0.5, 0.6) is 23.1 Å². The number of hydrogen-bond acceptors (Lipinski definition) is 4. The van der Waals surface area contributed by atoms with Gasteiger partial charge < -0.3 is 9.47 Å². The zero-order chi connectivity index (χ0) is 18.9. The Bertz CT molecular complexity index is 1190. The van der Waals surface area contributed by atoms with Gasteiger partial charge in [0.15, 0.2) is 0 Å². The smallest absolute Gasteiger partial charge is 0.262 e. The van der Waals surface area contributed by atoms with E-state index in [2.05, 4.69) is 36.2 Å². The fourth-order valence-electron chi connectivity index (χ4n) is 4.29. The highest BCUT2D eigenvalue weighted by Gasteiger charge is 2.43. The van der Waals surface area contributed by atoms with Crippen molar-refractivity contribution in [2.75, 3.05) is 0 Å². The number of nitriles is 1. The summed E-state index contributed by atoms with van der Waals surface area (Å²) in [7, 11) is 0. The van der Waals surface area contributed by atoms with Gasteiger partial charge in [-0.05, 0) is 49.7 Å². The number of ether oxygens (including phenoxy) is 2. The molecule has 0 saturated heterocycles. The maximum Gasteiger partial charge on any atom is 0.262 e. The molecule has 0 bridgehead atoms. The summed E-state index contributed by atoms with van der Waals surface area (Å²) in [5.41, 5.74) is 7.46. The van der Waals surface area contributed by atoms with Crippen molar-refractivity contribution in [3.8, 4) is 29.2 Å². The molecule has 5 rings (SSSR count). The molecule has 27 heavy (non-hydrogen) atoms. The number of pyridine rings is 1. The summed E-state index contributed by atoms with van der Waals surface area (Å²) < 4.78 is 12.5. The molecular formula is C22H17BN2O2. The minimum absolute atomic E-state index is 0.0544. The average molecular weight is 352 g/mol. The Hall–Kier alpha value is -3.26. The van der Waals surface area contributed by atoms with E-state index in [-0.39, 0.29) is 6.71 Å². The Balaban J connectivity index is 1.93. The Labute approximate surface area is 158 Å². The average Bonchev–Trinajstić information content (AvgIpc) is 2.63. The third kappa shape index (κ3) is 2.07. The van der Waals surface area contributed by atoms with Crippen LogP contribution in [-0.2, 0) is 0 Å². The molecule has 3 aromatic rings. The fraction of sp³-hybridized carbons (Fsp3) is 0.182. The summed E-state index contributed by atoms with van der Waals surface area (Å²) in [5.74, 6) is 2.81. The van der Waals surface area contributed by atoms with E-state index < -0.39 is 0 Å². The van der Waals surface area contributed by atoms with Crippen LogP contribution in [-0.4, -0.2) is 11.7 Å². The van der Waals surface area contributed by atoms with Crippen LogP contribution >= 0.6 is 0 Å². The summed E-state index contributed by atoms with van der Waals surface area (Å²) in [6, 6.07) is 12.7. The molecule has 0 spiro atoms. The van der Waals surface area contributed by atoms with Crippen LogP contribution < -0.4 is 25.9 Å². The number of rotatable bonds is 0. The van der Waals surface area contributed by atoms with Crippen LogP contribution in [0.25, 0.3) is 0 Å². The summed E-state index contributed by atoms with van der Waals surface area (Å²) in [6.45, 7) is 7.95. The van der Waals surface area contributed by atoms with Crippen LogP contribution in [0.3, 0.4) is 0 Å². The van der Waals surface area contributed by atoms with Crippen LogP contribution in [0, 0.1) is 39.0 Å². The second-order valence-corrected chi connectivity index (χ2v) is 7.36. The molecule has 0 aliphatic carbocycles. The second-order valence-electron chi connectivity index (χ2n) is 7.36. The number of aromatic nitrogens is 1. The molecule has 2 aromatic carbocycles. The van der Waals surface area contributed by atoms with Crippen LogP contribution in [0.15, 0.2) is 30.3 Å². The molecule has 2 aliphatic rings. The van der Waals surface area contributed by atoms with Crippen molar-refractivity contribution < 1.29 is 9.47 Å². The van der Waals surface area contributed by atoms with Crippen molar-refractivity contribution >= 4 is 23.1 Å². The molecule has 1 aromatic heterocycles. The van der Waals surface area contributed by atoms with Gasteiger partial charge >= 0.3 is 0 Å². The van der Waals surface area contributed by atoms with Crippen molar-refractivity contribution in [2.24, 2.45) is 0 Å². The van der Waals surface area contributed by atoms with E-state index >= 15 is 0 Å². The van der Waals surface area contributed by atoms with Crippen LogP contribution in [0.4, 0.5) is 0 Å². The van der Waals surface area contributed by atoms with Gasteiger partial charge in [0.2, 0.25) is 5.88 Å². The SMILES string of the molecule is Cc1cc(C)c2c(c1)B1c3cccc(C)c3Oc3nc(C)c(C#N)c(c31)O2. The Morgan fingerprint density at radius 3 is 2.48 bits per heavy atom. The number of fused-ring (bicyclic) bond motifs is 4. The van der Waals surface area contributed by atoms with E-state index in [1.165, 1.54) is 5.56 Å². The van der Waals surface area contributed by atoms with Crippen molar-refractivity contribution in [3.63, 3.8) is 0 Å². The first-order valence-electron chi connectivity index (χ1n) is 9.00. The predicted molar refractivity (Wildman–Crippen MR) is 106 cm³/mol. The maximum absolute atomic E-state index is 9.73. The summed E-state index contributed by atoms with van der Waals surface area (Å²) >= 11 is 0. The van der Waals surface area contributed by atoms with Gasteiger partial charge in [0.25, 0.3) is 6.71 Å². The van der Waals surface area contributed by atoms with Gasteiger partial charge in [0.05, 0.1) is 5.69 Å². The first-order valence-corrected chi connectivity index (χ1v) is 9.00. The number of hydrogen-bond donors (Lipinski definition) is 0. The minimum atomic E-state index is -0.0544. The largest absolute Gasteiger partial charge is 0.456 e. The lowest BCUT2D eigenvalue weighted by molar-refractivity contribution is 0.444. The molecule has 0 fully saturated rings. The molecule has 0 unspecified atom stereocenters. The molecule has 0 amide bonds. The first-order chi connectivity index (χ1) is 13.0. The molecule has 0 radical (unpaired) electrons. The third-order valence-corrected chi connectivity index (χ3v) is 5.45. The molecule has 4 nitrogen and oxygen atoms in total. The molecule has 0 saturated carbocycles. The lowest BCUT2D eigenvalue weighted by atomic mass is 9.34. The lowest BCUT2D eigenvalue weighted by Crippen LogP contribution is -2.58. The quantitative estimate of drug-likeness (QED) is 0.402. The Morgan fingerprint density at radius 1 is 0.926 bits per heavy atom. The molecule has 5 heteroatoms. The highest BCUT2D eigenvalue weighted by molar-refractivity contribution is 6.98. The summed E-state index contributed by atoms with van der Waals surface area (Å²) in [6.07, 6.45) is 0. The predicted octanol–water partition coefficient (Wildman–Crippen LogP) is 2.91. The van der Waals surface area contributed by atoms with Crippen molar-refractivity contribution in [3.05, 3.63) is 58.3 Å². The van der Waals surface area contributed by atoms with Crippen molar-refractivity contribution in [2.45, 2.75) is 27.7 Å². The molecule has 0 atom stereocenters. The van der Waals surface area contributed by atoms with Gasteiger partial charge in [-0.2, -0.15) is 5.26 Å². The van der Waals surface area contributed by atoms with Crippen LogP contribution in [0.1, 0.15) is 27.9 Å². The standard InChI is InChI=1S/C22H17BN2O2/c1-11-8-13(3)20-17(9-11)23-16-7-5-6-12(2)19(16)27-22-18(23)21(26-20)15(10-24)14(4)25-22/h5-9H,1-4H3. The second kappa shape index (κ2) is 5.37. The van der Waals surface area contributed by atoms with Gasteiger partial charge in [-0.1, -0.05) is 35.9 Å². The van der Waals surface area contributed by atoms with E-state index in [4.69, 9.17) is 9.47 Å². The van der Waals surface area contributed by atoms with Crippen LogP contribution in [0.2, 0.25) is 0 Å². The number of benzene rings is 2. The molecule has 130 valence electrons. The van der Waals surface area contributed by atoms with Gasteiger partial charge in [0, 0.05) is 5.46 Å². The number of nitrogens with zero attached hydrogens (tertiary/aromatic N) is 2. The van der Waals surface area contributed by atoms with Crippen molar-refractivity contribution in [1.82, 2.24) is 4.98 Å².